The third-order valence-electron chi connectivity index (χ3n) is 2.78. The minimum Gasteiger partial charge on any atom is -0.477 e. The molecular formula is C13H14N2O3. The van der Waals surface area contributed by atoms with Gasteiger partial charge in [-0.15, -0.1) is 0 Å². The van der Waals surface area contributed by atoms with Crippen LogP contribution in [-0.2, 0) is 13.0 Å². The van der Waals surface area contributed by atoms with E-state index in [0.29, 0.717) is 6.54 Å². The molecule has 0 amide bonds. The van der Waals surface area contributed by atoms with E-state index >= 15 is 0 Å². The molecule has 2 aromatic rings. The Bertz CT molecular complexity index is 584. The summed E-state index contributed by atoms with van der Waals surface area (Å²) in [5.41, 5.74) is 0.812. The van der Waals surface area contributed by atoms with Gasteiger partial charge in [0.15, 0.2) is 0 Å². The van der Waals surface area contributed by atoms with Crippen LogP contribution in [0.25, 0.3) is 0 Å². The maximum absolute atomic E-state index is 11.4. The van der Waals surface area contributed by atoms with Crippen molar-refractivity contribution >= 4 is 5.97 Å². The number of carbonyl (C=O) groups is 1. The lowest BCUT2D eigenvalue weighted by molar-refractivity contribution is 0.0684. The monoisotopic (exact) mass is 246 g/mol. The number of aromatic nitrogens is 2. The molecule has 18 heavy (non-hydrogen) atoms. The fraction of sp³-hybridized carbons (Fsp3) is 0.231. The highest BCUT2D eigenvalue weighted by Gasteiger charge is 2.12. The van der Waals surface area contributed by atoms with E-state index < -0.39 is 5.97 Å². The van der Waals surface area contributed by atoms with Crippen LogP contribution in [0.1, 0.15) is 22.5 Å². The lowest BCUT2D eigenvalue weighted by Gasteiger charge is -2.04. The van der Waals surface area contributed by atoms with Crippen LogP contribution in [0, 0.1) is 0 Å². The van der Waals surface area contributed by atoms with Gasteiger partial charge in [-0.2, -0.15) is 0 Å². The maximum atomic E-state index is 11.4. The quantitative estimate of drug-likeness (QED) is 0.839. The van der Waals surface area contributed by atoms with Crippen LogP contribution in [0.2, 0.25) is 0 Å². The van der Waals surface area contributed by atoms with Crippen LogP contribution in [0.15, 0.2) is 41.3 Å². The summed E-state index contributed by atoms with van der Waals surface area (Å²) in [6, 6.07) is 9.89. The zero-order chi connectivity index (χ0) is 13.0. The maximum Gasteiger partial charge on any atom is 0.354 e. The molecule has 2 rings (SSSR count). The second kappa shape index (κ2) is 5.35. The second-order valence-electron chi connectivity index (χ2n) is 4.03. The molecule has 1 aromatic carbocycles. The average molecular weight is 246 g/mol. The molecule has 0 aliphatic heterocycles. The molecule has 5 heteroatoms. The average Bonchev–Trinajstić information content (AvgIpc) is 2.73. The van der Waals surface area contributed by atoms with Crippen molar-refractivity contribution in [3.8, 4) is 0 Å². The Labute approximate surface area is 104 Å². The topological polar surface area (TPSA) is 75.1 Å². The first-order chi connectivity index (χ1) is 8.68. The summed E-state index contributed by atoms with van der Waals surface area (Å²) in [7, 11) is 0. The van der Waals surface area contributed by atoms with Gasteiger partial charge in [-0.1, -0.05) is 30.3 Å². The van der Waals surface area contributed by atoms with Gasteiger partial charge in [0, 0.05) is 12.7 Å². The third kappa shape index (κ3) is 2.68. The normalized spacial score (nSPS) is 10.4. The second-order valence-corrected chi connectivity index (χ2v) is 4.03. The molecule has 0 atom stereocenters. The molecular weight excluding hydrogens is 232 g/mol. The number of carboxylic acids is 1. The van der Waals surface area contributed by atoms with Crippen LogP contribution >= 0.6 is 0 Å². The predicted molar refractivity (Wildman–Crippen MR) is 66.8 cm³/mol. The SMILES string of the molecule is O=C(O)c1c[nH]c(=O)n1CCCc1ccccc1. The van der Waals surface area contributed by atoms with Crippen LogP contribution < -0.4 is 5.69 Å². The Morgan fingerprint density at radius 3 is 2.67 bits per heavy atom. The Balaban J connectivity index is 2.01. The van der Waals surface area contributed by atoms with Crippen molar-refractivity contribution < 1.29 is 9.90 Å². The summed E-state index contributed by atoms with van der Waals surface area (Å²) in [5, 5.41) is 8.92. The van der Waals surface area contributed by atoms with E-state index in [1.807, 2.05) is 30.3 Å². The number of aromatic amines is 1. The van der Waals surface area contributed by atoms with Crippen molar-refractivity contribution in [3.63, 3.8) is 0 Å². The highest BCUT2D eigenvalue weighted by Crippen LogP contribution is 2.04. The molecule has 0 aliphatic rings. The molecule has 0 radical (unpaired) electrons. The number of aryl methyl sites for hydroxylation is 1. The molecule has 0 fully saturated rings. The number of hydrogen-bond acceptors (Lipinski definition) is 2. The summed E-state index contributed by atoms with van der Waals surface area (Å²) >= 11 is 0. The van der Waals surface area contributed by atoms with E-state index in [0.717, 1.165) is 12.8 Å². The Morgan fingerprint density at radius 2 is 2.00 bits per heavy atom. The minimum atomic E-state index is -1.09. The van der Waals surface area contributed by atoms with Gasteiger partial charge >= 0.3 is 11.7 Å². The third-order valence-corrected chi connectivity index (χ3v) is 2.78. The highest BCUT2D eigenvalue weighted by molar-refractivity contribution is 5.85. The number of aromatic carboxylic acids is 1. The van der Waals surface area contributed by atoms with Gasteiger partial charge in [0.2, 0.25) is 0 Å². The number of hydrogen-bond donors (Lipinski definition) is 2. The van der Waals surface area contributed by atoms with Crippen molar-refractivity contribution in [2.24, 2.45) is 0 Å². The zero-order valence-corrected chi connectivity index (χ0v) is 9.80. The fourth-order valence-corrected chi connectivity index (χ4v) is 1.88. The van der Waals surface area contributed by atoms with Gasteiger partial charge in [0.25, 0.3) is 0 Å². The number of rotatable bonds is 5. The summed E-state index contributed by atoms with van der Waals surface area (Å²) in [6.07, 6.45) is 2.77. The molecule has 0 aliphatic carbocycles. The molecule has 0 saturated heterocycles. The number of H-pyrrole nitrogens is 1. The van der Waals surface area contributed by atoms with Gasteiger partial charge in [0.05, 0.1) is 0 Å². The van der Waals surface area contributed by atoms with E-state index in [-0.39, 0.29) is 11.4 Å². The first kappa shape index (κ1) is 12.2. The fourth-order valence-electron chi connectivity index (χ4n) is 1.88. The first-order valence-corrected chi connectivity index (χ1v) is 5.74. The van der Waals surface area contributed by atoms with Gasteiger partial charge in [-0.25, -0.2) is 9.59 Å². The smallest absolute Gasteiger partial charge is 0.354 e. The molecule has 0 spiro atoms. The standard InChI is InChI=1S/C13H14N2O3/c16-12(17)11-9-14-13(18)15(11)8-4-7-10-5-2-1-3-6-10/h1-3,5-6,9H,4,7-8H2,(H,14,18)(H,16,17). The molecule has 94 valence electrons. The van der Waals surface area contributed by atoms with Crippen LogP contribution in [0.3, 0.4) is 0 Å². The summed E-state index contributed by atoms with van der Waals surface area (Å²) < 4.78 is 1.26. The number of imidazole rings is 1. The first-order valence-electron chi connectivity index (χ1n) is 5.74. The Hall–Kier alpha value is -2.30. The van der Waals surface area contributed by atoms with Crippen molar-refractivity contribution in [3.05, 3.63) is 58.3 Å². The molecule has 5 nitrogen and oxygen atoms in total. The van der Waals surface area contributed by atoms with E-state index in [1.165, 1.54) is 16.3 Å². The Kier molecular flexibility index (Phi) is 3.62. The van der Waals surface area contributed by atoms with Crippen LogP contribution in [0.5, 0.6) is 0 Å². The molecule has 0 unspecified atom stereocenters. The largest absolute Gasteiger partial charge is 0.477 e. The van der Waals surface area contributed by atoms with Gasteiger partial charge in [-0.3, -0.25) is 4.57 Å². The predicted octanol–water partition coefficient (Wildman–Crippen LogP) is 1.51. The van der Waals surface area contributed by atoms with E-state index in [4.69, 9.17) is 5.11 Å². The van der Waals surface area contributed by atoms with E-state index in [1.54, 1.807) is 0 Å². The lowest BCUT2D eigenvalue weighted by Crippen LogP contribution is -2.21. The molecule has 1 heterocycles. The molecule has 0 saturated carbocycles. The van der Waals surface area contributed by atoms with E-state index in [9.17, 15) is 9.59 Å². The minimum absolute atomic E-state index is 0.00746. The summed E-state index contributed by atoms with van der Waals surface area (Å²) in [5.74, 6) is -1.09. The van der Waals surface area contributed by atoms with Gasteiger partial charge < -0.3 is 10.1 Å². The molecule has 1 aromatic heterocycles. The zero-order valence-electron chi connectivity index (χ0n) is 9.80. The number of benzene rings is 1. The Morgan fingerprint density at radius 1 is 1.28 bits per heavy atom. The van der Waals surface area contributed by atoms with Crippen molar-refractivity contribution in [1.29, 1.82) is 0 Å². The lowest BCUT2D eigenvalue weighted by atomic mass is 10.1. The summed E-state index contributed by atoms with van der Waals surface area (Å²) in [6.45, 7) is 0.402. The van der Waals surface area contributed by atoms with Crippen molar-refractivity contribution in [2.75, 3.05) is 0 Å². The van der Waals surface area contributed by atoms with Gasteiger partial charge in [-0.05, 0) is 18.4 Å². The van der Waals surface area contributed by atoms with Crippen molar-refractivity contribution in [2.45, 2.75) is 19.4 Å². The number of carboxylic acid groups (broad SMARTS) is 1. The molecule has 2 N–H and O–H groups in total. The van der Waals surface area contributed by atoms with Crippen LogP contribution in [-0.4, -0.2) is 20.6 Å². The summed E-state index contributed by atoms with van der Waals surface area (Å²) in [4.78, 5) is 24.7. The van der Waals surface area contributed by atoms with Crippen LogP contribution in [0.4, 0.5) is 0 Å². The molecule has 0 bridgehead atoms. The van der Waals surface area contributed by atoms with E-state index in [2.05, 4.69) is 4.98 Å². The van der Waals surface area contributed by atoms with Crippen molar-refractivity contribution in [1.82, 2.24) is 9.55 Å². The number of nitrogens with one attached hydrogen (secondary N) is 1. The van der Waals surface area contributed by atoms with Gasteiger partial charge in [0.1, 0.15) is 5.69 Å². The highest BCUT2D eigenvalue weighted by atomic mass is 16.4. The number of nitrogens with zero attached hydrogens (tertiary/aromatic N) is 1.